The molecular formula is C13H17ClN2O2. The van der Waals surface area contributed by atoms with Gasteiger partial charge in [0.15, 0.2) is 0 Å². The van der Waals surface area contributed by atoms with E-state index in [0.29, 0.717) is 11.4 Å². The fourth-order valence-corrected chi connectivity index (χ4v) is 1.56. The molecule has 0 atom stereocenters. The van der Waals surface area contributed by atoms with Crippen molar-refractivity contribution in [1.82, 2.24) is 10.6 Å². The van der Waals surface area contributed by atoms with Gasteiger partial charge in [-0.05, 0) is 31.5 Å². The zero-order valence-corrected chi connectivity index (χ0v) is 11.3. The van der Waals surface area contributed by atoms with E-state index in [9.17, 15) is 9.59 Å². The number of benzene rings is 1. The fourth-order valence-electron chi connectivity index (χ4n) is 1.38. The van der Waals surface area contributed by atoms with E-state index >= 15 is 0 Å². The SMILES string of the molecule is CC(C)NC(=O)CNC(=O)c1ccc(CCl)cc1. The van der Waals surface area contributed by atoms with Crippen molar-refractivity contribution in [2.45, 2.75) is 25.8 Å². The average Bonchev–Trinajstić information content (AvgIpc) is 2.35. The highest BCUT2D eigenvalue weighted by Crippen LogP contribution is 2.06. The molecule has 0 radical (unpaired) electrons. The minimum absolute atomic E-state index is 0.0196. The van der Waals surface area contributed by atoms with Crippen LogP contribution in [-0.2, 0) is 10.7 Å². The first-order chi connectivity index (χ1) is 8.52. The van der Waals surface area contributed by atoms with Gasteiger partial charge >= 0.3 is 0 Å². The van der Waals surface area contributed by atoms with Crippen LogP contribution in [0.3, 0.4) is 0 Å². The molecule has 0 bridgehead atoms. The van der Waals surface area contributed by atoms with E-state index in [4.69, 9.17) is 11.6 Å². The summed E-state index contributed by atoms with van der Waals surface area (Å²) in [5.74, 6) is -0.0515. The molecule has 2 N–H and O–H groups in total. The summed E-state index contributed by atoms with van der Waals surface area (Å²) in [6, 6.07) is 7.02. The second-order valence-electron chi connectivity index (χ2n) is 4.24. The topological polar surface area (TPSA) is 58.2 Å². The van der Waals surface area contributed by atoms with Crippen molar-refractivity contribution in [3.63, 3.8) is 0 Å². The van der Waals surface area contributed by atoms with Crippen LogP contribution >= 0.6 is 11.6 Å². The second kappa shape index (κ2) is 7.01. The van der Waals surface area contributed by atoms with Crippen molar-refractivity contribution in [2.24, 2.45) is 0 Å². The molecule has 0 aromatic heterocycles. The molecule has 0 saturated heterocycles. The van der Waals surface area contributed by atoms with Gasteiger partial charge < -0.3 is 10.6 Å². The lowest BCUT2D eigenvalue weighted by molar-refractivity contribution is -0.120. The first kappa shape index (κ1) is 14.5. The van der Waals surface area contributed by atoms with Crippen LogP contribution in [0, 0.1) is 0 Å². The van der Waals surface area contributed by atoms with Gasteiger partial charge in [0, 0.05) is 17.5 Å². The standard InChI is InChI=1S/C13H17ClN2O2/c1-9(2)16-12(17)8-15-13(18)11-5-3-10(7-14)4-6-11/h3-6,9H,7-8H2,1-2H3,(H,15,18)(H,16,17). The highest BCUT2D eigenvalue weighted by Gasteiger charge is 2.08. The maximum atomic E-state index is 11.7. The van der Waals surface area contributed by atoms with Crippen LogP contribution in [-0.4, -0.2) is 24.4 Å². The number of amides is 2. The summed E-state index contributed by atoms with van der Waals surface area (Å²) in [6.07, 6.45) is 0. The predicted molar refractivity (Wildman–Crippen MR) is 71.6 cm³/mol. The normalized spacial score (nSPS) is 10.2. The summed E-state index contributed by atoms with van der Waals surface area (Å²) in [5, 5.41) is 5.25. The maximum Gasteiger partial charge on any atom is 0.251 e. The Morgan fingerprint density at radius 2 is 1.83 bits per heavy atom. The summed E-state index contributed by atoms with van der Waals surface area (Å²) in [7, 11) is 0. The van der Waals surface area contributed by atoms with E-state index < -0.39 is 0 Å². The van der Waals surface area contributed by atoms with Crippen molar-refractivity contribution >= 4 is 23.4 Å². The van der Waals surface area contributed by atoms with E-state index in [1.165, 1.54) is 0 Å². The molecule has 2 amide bonds. The van der Waals surface area contributed by atoms with E-state index in [1.807, 2.05) is 13.8 Å². The summed E-state index contributed by atoms with van der Waals surface area (Å²) in [4.78, 5) is 23.1. The van der Waals surface area contributed by atoms with Crippen molar-refractivity contribution < 1.29 is 9.59 Å². The first-order valence-electron chi connectivity index (χ1n) is 5.75. The van der Waals surface area contributed by atoms with Crippen LogP contribution in [0.1, 0.15) is 29.8 Å². The molecule has 4 nitrogen and oxygen atoms in total. The van der Waals surface area contributed by atoms with Crippen molar-refractivity contribution in [3.05, 3.63) is 35.4 Å². The maximum absolute atomic E-state index is 11.7. The monoisotopic (exact) mass is 268 g/mol. The predicted octanol–water partition coefficient (Wildman–Crippen LogP) is 1.68. The largest absolute Gasteiger partial charge is 0.352 e. The molecular weight excluding hydrogens is 252 g/mol. The molecule has 1 rings (SSSR count). The molecule has 1 aromatic rings. The Kier molecular flexibility index (Phi) is 5.65. The minimum Gasteiger partial charge on any atom is -0.352 e. The number of nitrogens with one attached hydrogen (secondary N) is 2. The zero-order chi connectivity index (χ0) is 13.5. The number of carbonyl (C=O) groups is 2. The van der Waals surface area contributed by atoms with E-state index in [1.54, 1.807) is 24.3 Å². The number of hydrogen-bond donors (Lipinski definition) is 2. The number of halogens is 1. The molecule has 18 heavy (non-hydrogen) atoms. The summed E-state index contributed by atoms with van der Waals surface area (Å²) >= 11 is 5.66. The Morgan fingerprint density at radius 3 is 2.33 bits per heavy atom. The third-order valence-corrected chi connectivity index (χ3v) is 2.54. The molecule has 0 fully saturated rings. The molecule has 5 heteroatoms. The van der Waals surface area contributed by atoms with Gasteiger partial charge in [0.2, 0.25) is 5.91 Å². The van der Waals surface area contributed by atoms with Gasteiger partial charge in [-0.1, -0.05) is 12.1 Å². The molecule has 98 valence electrons. The van der Waals surface area contributed by atoms with Gasteiger partial charge in [-0.3, -0.25) is 9.59 Å². The Morgan fingerprint density at radius 1 is 1.22 bits per heavy atom. The molecule has 0 heterocycles. The Balaban J connectivity index is 2.47. The highest BCUT2D eigenvalue weighted by atomic mass is 35.5. The summed E-state index contributed by atoms with van der Waals surface area (Å²) < 4.78 is 0. The van der Waals surface area contributed by atoms with Gasteiger partial charge in [-0.15, -0.1) is 11.6 Å². The third-order valence-electron chi connectivity index (χ3n) is 2.23. The molecule has 1 aromatic carbocycles. The van der Waals surface area contributed by atoms with Crippen LogP contribution in [0.2, 0.25) is 0 Å². The Bertz CT molecular complexity index is 416. The van der Waals surface area contributed by atoms with Gasteiger partial charge in [0.05, 0.1) is 6.54 Å². The lowest BCUT2D eigenvalue weighted by atomic mass is 10.1. The Hall–Kier alpha value is -1.55. The van der Waals surface area contributed by atoms with Gasteiger partial charge in [0.25, 0.3) is 5.91 Å². The number of rotatable bonds is 5. The molecule has 0 unspecified atom stereocenters. The van der Waals surface area contributed by atoms with Crippen LogP contribution in [0.25, 0.3) is 0 Å². The van der Waals surface area contributed by atoms with Crippen molar-refractivity contribution in [3.8, 4) is 0 Å². The molecule has 0 aliphatic heterocycles. The van der Waals surface area contributed by atoms with E-state index in [-0.39, 0.29) is 24.4 Å². The number of carbonyl (C=O) groups excluding carboxylic acids is 2. The van der Waals surface area contributed by atoms with Crippen molar-refractivity contribution in [1.29, 1.82) is 0 Å². The fraction of sp³-hybridized carbons (Fsp3) is 0.385. The van der Waals surface area contributed by atoms with Crippen LogP contribution in [0.4, 0.5) is 0 Å². The lowest BCUT2D eigenvalue weighted by Crippen LogP contribution is -2.39. The summed E-state index contributed by atoms with van der Waals surface area (Å²) in [5.41, 5.74) is 1.46. The van der Waals surface area contributed by atoms with Gasteiger partial charge in [-0.25, -0.2) is 0 Å². The number of alkyl halides is 1. The molecule has 0 saturated carbocycles. The molecule has 0 spiro atoms. The Labute approximate surface area is 112 Å². The smallest absolute Gasteiger partial charge is 0.251 e. The van der Waals surface area contributed by atoms with Crippen LogP contribution < -0.4 is 10.6 Å². The third kappa shape index (κ3) is 4.75. The molecule has 0 aliphatic rings. The first-order valence-corrected chi connectivity index (χ1v) is 6.29. The van der Waals surface area contributed by atoms with Crippen molar-refractivity contribution in [2.75, 3.05) is 6.54 Å². The van der Waals surface area contributed by atoms with E-state index in [0.717, 1.165) is 5.56 Å². The van der Waals surface area contributed by atoms with Gasteiger partial charge in [0.1, 0.15) is 0 Å². The lowest BCUT2D eigenvalue weighted by Gasteiger charge is -2.09. The quantitative estimate of drug-likeness (QED) is 0.799. The zero-order valence-electron chi connectivity index (χ0n) is 10.5. The highest BCUT2D eigenvalue weighted by molar-refractivity contribution is 6.17. The van der Waals surface area contributed by atoms with Crippen LogP contribution in [0.15, 0.2) is 24.3 Å². The van der Waals surface area contributed by atoms with Crippen LogP contribution in [0.5, 0.6) is 0 Å². The average molecular weight is 269 g/mol. The van der Waals surface area contributed by atoms with E-state index in [2.05, 4.69) is 10.6 Å². The van der Waals surface area contributed by atoms with Gasteiger partial charge in [-0.2, -0.15) is 0 Å². The number of hydrogen-bond acceptors (Lipinski definition) is 2. The molecule has 0 aliphatic carbocycles. The second-order valence-corrected chi connectivity index (χ2v) is 4.50. The minimum atomic E-state index is -0.268. The summed E-state index contributed by atoms with van der Waals surface area (Å²) in [6.45, 7) is 3.71.